The molecule has 0 atom stereocenters. The van der Waals surface area contributed by atoms with Crippen LogP contribution < -0.4 is 14.8 Å². The summed E-state index contributed by atoms with van der Waals surface area (Å²) < 4.78 is 12.5. The average Bonchev–Trinajstić information content (AvgIpc) is 2.95. The summed E-state index contributed by atoms with van der Waals surface area (Å²) in [6.45, 7) is 21.6. The number of fused-ring (bicyclic) bond motifs is 3. The molecule has 0 bridgehead atoms. The maximum Gasteiger partial charge on any atom is 0.135 e. The minimum absolute atomic E-state index is 0.479. The third kappa shape index (κ3) is 8.14. The van der Waals surface area contributed by atoms with Gasteiger partial charge in [0.05, 0.1) is 5.52 Å². The number of hydrogen-bond donors (Lipinski definition) is 1. The van der Waals surface area contributed by atoms with E-state index < -0.39 is 0 Å². The number of ether oxygens (including phenoxy) is 2. The number of aromatic nitrogens is 1. The first kappa shape index (κ1) is 31.6. The molecule has 0 aliphatic carbocycles. The van der Waals surface area contributed by atoms with Crippen LogP contribution in [0.2, 0.25) is 0 Å². The number of nitrogens with one attached hydrogen (secondary N) is 1. The summed E-state index contributed by atoms with van der Waals surface area (Å²) in [6, 6.07) is 25.0. The van der Waals surface area contributed by atoms with Gasteiger partial charge in [0.25, 0.3) is 0 Å². The van der Waals surface area contributed by atoms with Gasteiger partial charge in [0, 0.05) is 60.6 Å². The highest BCUT2D eigenvalue weighted by molar-refractivity contribution is 6.10. The van der Waals surface area contributed by atoms with Gasteiger partial charge >= 0.3 is 0 Å². The van der Waals surface area contributed by atoms with Crippen LogP contribution in [0, 0.1) is 0 Å². The summed E-state index contributed by atoms with van der Waals surface area (Å²) in [4.78, 5) is 10.0. The lowest BCUT2D eigenvalue weighted by atomic mass is 10.0. The van der Waals surface area contributed by atoms with Crippen molar-refractivity contribution in [2.75, 3.05) is 31.6 Å². The summed E-state index contributed by atoms with van der Waals surface area (Å²) in [7, 11) is 0. The molecule has 6 heteroatoms. The molecular weight excluding hydrogens is 520 g/mol. The summed E-state index contributed by atoms with van der Waals surface area (Å²) in [5, 5.41) is 6.91. The van der Waals surface area contributed by atoms with Gasteiger partial charge in [-0.2, -0.15) is 0 Å². The molecule has 4 rings (SSSR count). The topological polar surface area (TPSA) is 49.9 Å². The number of benzene rings is 3. The monoisotopic (exact) mass is 570 g/mol. The predicted molar refractivity (Wildman–Crippen MR) is 178 cm³/mol. The molecule has 1 aromatic heterocycles. The summed E-state index contributed by atoms with van der Waals surface area (Å²) in [5.74, 6) is 2.55. The van der Waals surface area contributed by atoms with Crippen LogP contribution in [0.3, 0.4) is 0 Å². The Kier molecular flexibility index (Phi) is 11.1. The molecule has 0 aliphatic heterocycles. The van der Waals surface area contributed by atoms with E-state index in [-0.39, 0.29) is 0 Å². The molecular formula is C36H50N4O2. The van der Waals surface area contributed by atoms with Crippen molar-refractivity contribution < 1.29 is 9.47 Å². The maximum atomic E-state index is 6.27. The Bertz CT molecular complexity index is 1400. The van der Waals surface area contributed by atoms with Gasteiger partial charge in [0.1, 0.15) is 30.5 Å². The predicted octanol–water partition coefficient (Wildman–Crippen LogP) is 8.00. The van der Waals surface area contributed by atoms with Gasteiger partial charge in [-0.1, -0.05) is 30.3 Å². The molecule has 0 unspecified atom stereocenters. The van der Waals surface area contributed by atoms with E-state index in [4.69, 9.17) is 14.5 Å². The zero-order valence-electron chi connectivity index (χ0n) is 26.9. The lowest BCUT2D eigenvalue weighted by Crippen LogP contribution is -2.39. The Morgan fingerprint density at radius 1 is 0.619 bits per heavy atom. The normalized spacial score (nSPS) is 12.1. The lowest BCUT2D eigenvalue weighted by Gasteiger charge is -2.30. The van der Waals surface area contributed by atoms with Crippen molar-refractivity contribution in [3.63, 3.8) is 0 Å². The molecule has 6 nitrogen and oxygen atoms in total. The van der Waals surface area contributed by atoms with Crippen molar-refractivity contribution in [3.8, 4) is 11.5 Å². The van der Waals surface area contributed by atoms with Gasteiger partial charge in [-0.15, -0.1) is 0 Å². The van der Waals surface area contributed by atoms with Crippen molar-refractivity contribution >= 4 is 27.5 Å². The summed E-state index contributed by atoms with van der Waals surface area (Å²) in [5.41, 5.74) is 2.12. The molecule has 0 fully saturated rings. The van der Waals surface area contributed by atoms with Crippen LogP contribution in [-0.4, -0.2) is 65.3 Å². The molecule has 42 heavy (non-hydrogen) atoms. The minimum Gasteiger partial charge on any atom is -0.492 e. The third-order valence-electron chi connectivity index (χ3n) is 7.93. The Hall–Kier alpha value is -3.35. The number of anilines is 1. The molecule has 0 radical (unpaired) electrons. The second-order valence-electron chi connectivity index (χ2n) is 12.2. The molecule has 0 spiro atoms. The molecule has 1 heterocycles. The smallest absolute Gasteiger partial charge is 0.135 e. The van der Waals surface area contributed by atoms with Crippen LogP contribution in [0.25, 0.3) is 21.7 Å². The molecule has 4 aromatic rings. The highest BCUT2D eigenvalue weighted by atomic mass is 16.5. The molecule has 3 aromatic carbocycles. The quantitative estimate of drug-likeness (QED) is 0.146. The van der Waals surface area contributed by atoms with Crippen LogP contribution in [0.4, 0.5) is 5.82 Å². The van der Waals surface area contributed by atoms with Crippen LogP contribution in [0.5, 0.6) is 11.5 Å². The van der Waals surface area contributed by atoms with E-state index in [0.29, 0.717) is 43.9 Å². The number of nitrogens with zero attached hydrogens (tertiary/aromatic N) is 3. The van der Waals surface area contributed by atoms with Crippen molar-refractivity contribution in [2.24, 2.45) is 0 Å². The van der Waals surface area contributed by atoms with Gasteiger partial charge in [-0.05, 0) is 96.7 Å². The molecule has 0 aliphatic rings. The van der Waals surface area contributed by atoms with Crippen LogP contribution in [0.15, 0.2) is 66.7 Å². The van der Waals surface area contributed by atoms with Crippen LogP contribution in [0.1, 0.15) is 61.0 Å². The highest BCUT2D eigenvalue weighted by Crippen LogP contribution is 2.34. The fourth-order valence-corrected chi connectivity index (χ4v) is 5.83. The van der Waals surface area contributed by atoms with Gasteiger partial charge < -0.3 is 14.8 Å². The minimum atomic E-state index is 0.479. The van der Waals surface area contributed by atoms with Crippen molar-refractivity contribution in [1.29, 1.82) is 0 Å². The summed E-state index contributed by atoms with van der Waals surface area (Å²) >= 11 is 0. The fourth-order valence-electron chi connectivity index (χ4n) is 5.83. The molecule has 0 saturated carbocycles. The SMILES string of the molecule is CC(C)N(CCOc1ccc2c(c1)nc(NCc1ccccc1)c1cc(OCCN(C(C)C)C(C)C)ccc12)C(C)C. The van der Waals surface area contributed by atoms with Crippen molar-refractivity contribution in [1.82, 2.24) is 14.8 Å². The molecule has 1 N–H and O–H groups in total. The third-order valence-corrected chi connectivity index (χ3v) is 7.93. The Labute approximate surface area is 253 Å². The van der Waals surface area contributed by atoms with Crippen molar-refractivity contribution in [3.05, 3.63) is 72.3 Å². The van der Waals surface area contributed by atoms with Gasteiger partial charge in [-0.3, -0.25) is 9.80 Å². The first-order valence-corrected chi connectivity index (χ1v) is 15.6. The maximum absolute atomic E-state index is 6.27. The van der Waals surface area contributed by atoms with E-state index in [1.807, 2.05) is 6.07 Å². The number of rotatable bonds is 15. The lowest BCUT2D eigenvalue weighted by molar-refractivity contribution is 0.142. The van der Waals surface area contributed by atoms with Crippen LogP contribution in [-0.2, 0) is 6.54 Å². The van der Waals surface area contributed by atoms with E-state index >= 15 is 0 Å². The van der Waals surface area contributed by atoms with Gasteiger partial charge in [-0.25, -0.2) is 4.98 Å². The zero-order valence-corrected chi connectivity index (χ0v) is 26.9. The molecule has 0 amide bonds. The standard InChI is InChI=1S/C36H50N4O2/c1-25(2)39(26(3)4)18-20-41-30-14-16-32-33-17-15-31(42-21-19-40(27(5)6)28(7)8)23-35(33)38-36(34(32)22-30)37-24-29-12-10-9-11-13-29/h9-17,22-23,25-28H,18-21,24H2,1-8H3,(H,37,38). The number of hydrogen-bond acceptors (Lipinski definition) is 6. The molecule has 226 valence electrons. The van der Waals surface area contributed by atoms with Gasteiger partial charge in [0.15, 0.2) is 0 Å². The number of pyridine rings is 1. The Morgan fingerprint density at radius 2 is 1.14 bits per heavy atom. The van der Waals surface area contributed by atoms with E-state index in [2.05, 4.69) is 131 Å². The zero-order chi connectivity index (χ0) is 30.2. The van der Waals surface area contributed by atoms with E-state index in [9.17, 15) is 0 Å². The first-order chi connectivity index (χ1) is 20.1. The van der Waals surface area contributed by atoms with Gasteiger partial charge in [0.2, 0.25) is 0 Å². The van der Waals surface area contributed by atoms with E-state index in [1.54, 1.807) is 0 Å². The average molecular weight is 571 g/mol. The van der Waals surface area contributed by atoms with E-state index in [0.717, 1.165) is 52.1 Å². The highest BCUT2D eigenvalue weighted by Gasteiger charge is 2.16. The van der Waals surface area contributed by atoms with Crippen molar-refractivity contribution in [2.45, 2.75) is 86.1 Å². The van der Waals surface area contributed by atoms with E-state index in [1.165, 1.54) is 5.56 Å². The Balaban J connectivity index is 1.60. The second-order valence-corrected chi connectivity index (χ2v) is 12.2. The molecule has 0 saturated heterocycles. The summed E-state index contributed by atoms with van der Waals surface area (Å²) in [6.07, 6.45) is 0. The second kappa shape index (κ2) is 14.7. The Morgan fingerprint density at radius 3 is 1.69 bits per heavy atom. The fraction of sp³-hybridized carbons (Fsp3) is 0.472. The largest absolute Gasteiger partial charge is 0.492 e. The van der Waals surface area contributed by atoms with Crippen LogP contribution >= 0.6 is 0 Å². The first-order valence-electron chi connectivity index (χ1n) is 15.6.